The van der Waals surface area contributed by atoms with Gasteiger partial charge in [-0.2, -0.15) is 0 Å². The van der Waals surface area contributed by atoms with Crippen LogP contribution in [0.4, 0.5) is 5.69 Å². The third-order valence-corrected chi connectivity index (χ3v) is 4.79. The van der Waals surface area contributed by atoms with Gasteiger partial charge < -0.3 is 16.2 Å². The summed E-state index contributed by atoms with van der Waals surface area (Å²) in [6.07, 6.45) is 4.41. The van der Waals surface area contributed by atoms with Crippen LogP contribution in [-0.2, 0) is 4.79 Å². The van der Waals surface area contributed by atoms with E-state index in [1.807, 2.05) is 0 Å². The van der Waals surface area contributed by atoms with E-state index in [2.05, 4.69) is 21.2 Å². The standard InChI is InChI=1S/C15H19BrN2O3/c16-11-8-10(13(17)19)4-5-12(11)18-9-15(14(20)21)6-2-1-3-7-15/h4-5,8,18H,1-3,6-7,9H2,(H2,17,19)(H,20,21). The van der Waals surface area contributed by atoms with Crippen LogP contribution < -0.4 is 11.1 Å². The summed E-state index contributed by atoms with van der Waals surface area (Å²) >= 11 is 3.38. The van der Waals surface area contributed by atoms with Gasteiger partial charge in [0.05, 0.1) is 5.41 Å². The van der Waals surface area contributed by atoms with Gasteiger partial charge in [-0.1, -0.05) is 19.3 Å². The van der Waals surface area contributed by atoms with E-state index in [0.29, 0.717) is 29.4 Å². The molecule has 114 valence electrons. The van der Waals surface area contributed by atoms with E-state index < -0.39 is 17.3 Å². The van der Waals surface area contributed by atoms with E-state index in [9.17, 15) is 14.7 Å². The Morgan fingerprint density at radius 2 is 1.95 bits per heavy atom. The van der Waals surface area contributed by atoms with Crippen LogP contribution >= 0.6 is 15.9 Å². The number of nitrogens with one attached hydrogen (secondary N) is 1. The molecule has 5 nitrogen and oxygen atoms in total. The number of carboxylic acids is 1. The second-order valence-corrected chi connectivity index (χ2v) is 6.41. The number of carboxylic acid groups (broad SMARTS) is 1. The highest BCUT2D eigenvalue weighted by molar-refractivity contribution is 9.10. The van der Waals surface area contributed by atoms with Gasteiger partial charge in [0.1, 0.15) is 0 Å². The molecular formula is C15H19BrN2O3. The number of hydrogen-bond acceptors (Lipinski definition) is 3. The van der Waals surface area contributed by atoms with Gasteiger partial charge in [0.25, 0.3) is 0 Å². The van der Waals surface area contributed by atoms with Gasteiger partial charge >= 0.3 is 5.97 Å². The van der Waals surface area contributed by atoms with E-state index in [4.69, 9.17) is 5.73 Å². The maximum absolute atomic E-state index is 11.6. The first-order valence-corrected chi connectivity index (χ1v) is 7.80. The number of primary amides is 1. The Balaban J connectivity index is 2.11. The zero-order valence-electron chi connectivity index (χ0n) is 11.7. The zero-order chi connectivity index (χ0) is 15.5. The lowest BCUT2D eigenvalue weighted by Crippen LogP contribution is -2.39. The fourth-order valence-corrected chi connectivity index (χ4v) is 3.29. The van der Waals surface area contributed by atoms with Crippen molar-refractivity contribution in [3.63, 3.8) is 0 Å². The summed E-state index contributed by atoms with van der Waals surface area (Å²) in [5.74, 6) is -1.23. The molecule has 6 heteroatoms. The molecule has 0 atom stereocenters. The number of anilines is 1. The van der Waals surface area contributed by atoms with Crippen molar-refractivity contribution in [3.05, 3.63) is 28.2 Å². The second kappa shape index (κ2) is 6.47. The Bertz CT molecular complexity index is 554. The number of rotatable bonds is 5. The number of halogens is 1. The SMILES string of the molecule is NC(=O)c1ccc(NCC2(C(=O)O)CCCCC2)c(Br)c1. The summed E-state index contributed by atoms with van der Waals surface area (Å²) in [6.45, 7) is 0.386. The molecule has 0 radical (unpaired) electrons. The van der Waals surface area contributed by atoms with Crippen LogP contribution in [0.3, 0.4) is 0 Å². The van der Waals surface area contributed by atoms with Gasteiger partial charge in [0, 0.05) is 22.3 Å². The van der Waals surface area contributed by atoms with E-state index in [-0.39, 0.29) is 0 Å². The van der Waals surface area contributed by atoms with Gasteiger partial charge in [0.2, 0.25) is 5.91 Å². The predicted octanol–water partition coefficient (Wildman–Crippen LogP) is 3.00. The third-order valence-electron chi connectivity index (χ3n) is 4.14. The van der Waals surface area contributed by atoms with Crippen LogP contribution in [0.2, 0.25) is 0 Å². The number of nitrogens with two attached hydrogens (primary N) is 1. The van der Waals surface area contributed by atoms with E-state index in [1.54, 1.807) is 18.2 Å². The van der Waals surface area contributed by atoms with Crippen molar-refractivity contribution in [2.45, 2.75) is 32.1 Å². The molecule has 1 aromatic rings. The summed E-state index contributed by atoms with van der Waals surface area (Å²) in [5, 5.41) is 12.7. The molecule has 21 heavy (non-hydrogen) atoms. The molecule has 1 amide bonds. The molecule has 2 rings (SSSR count). The molecule has 0 bridgehead atoms. The molecule has 1 fully saturated rings. The fraction of sp³-hybridized carbons (Fsp3) is 0.467. The second-order valence-electron chi connectivity index (χ2n) is 5.56. The summed E-state index contributed by atoms with van der Waals surface area (Å²) < 4.78 is 0.704. The first kappa shape index (κ1) is 15.8. The van der Waals surface area contributed by atoms with Gasteiger partial charge in [-0.05, 0) is 47.0 Å². The minimum absolute atomic E-state index is 0.386. The van der Waals surface area contributed by atoms with Crippen molar-refractivity contribution in [2.24, 2.45) is 11.1 Å². The lowest BCUT2D eigenvalue weighted by Gasteiger charge is -2.33. The topological polar surface area (TPSA) is 92.4 Å². The molecule has 1 aliphatic carbocycles. The largest absolute Gasteiger partial charge is 0.481 e. The molecule has 0 aromatic heterocycles. The summed E-state index contributed by atoms with van der Waals surface area (Å²) in [7, 11) is 0. The summed E-state index contributed by atoms with van der Waals surface area (Å²) in [5.41, 5.74) is 5.72. The maximum Gasteiger partial charge on any atom is 0.311 e. The highest BCUT2D eigenvalue weighted by Crippen LogP contribution is 2.37. The average molecular weight is 355 g/mol. The lowest BCUT2D eigenvalue weighted by molar-refractivity contribution is -0.150. The Hall–Kier alpha value is -1.56. The Morgan fingerprint density at radius 1 is 1.29 bits per heavy atom. The number of hydrogen-bond donors (Lipinski definition) is 3. The zero-order valence-corrected chi connectivity index (χ0v) is 13.3. The van der Waals surface area contributed by atoms with Crippen molar-refractivity contribution in [1.82, 2.24) is 0 Å². The monoisotopic (exact) mass is 354 g/mol. The number of aliphatic carboxylic acids is 1. The fourth-order valence-electron chi connectivity index (χ4n) is 2.77. The molecule has 0 heterocycles. The quantitative estimate of drug-likeness (QED) is 0.757. The van der Waals surface area contributed by atoms with E-state index in [0.717, 1.165) is 24.9 Å². The smallest absolute Gasteiger partial charge is 0.311 e. The minimum atomic E-state index is -0.737. The average Bonchev–Trinajstić information content (AvgIpc) is 2.46. The van der Waals surface area contributed by atoms with Gasteiger partial charge in [-0.3, -0.25) is 9.59 Å². The molecule has 0 unspecified atom stereocenters. The number of carbonyl (C=O) groups is 2. The molecule has 1 aromatic carbocycles. The molecule has 1 aliphatic rings. The van der Waals surface area contributed by atoms with Crippen molar-refractivity contribution in [1.29, 1.82) is 0 Å². The Morgan fingerprint density at radius 3 is 2.48 bits per heavy atom. The van der Waals surface area contributed by atoms with Crippen LogP contribution in [0, 0.1) is 5.41 Å². The molecular weight excluding hydrogens is 336 g/mol. The lowest BCUT2D eigenvalue weighted by atomic mass is 9.74. The number of carbonyl (C=O) groups excluding carboxylic acids is 1. The highest BCUT2D eigenvalue weighted by atomic mass is 79.9. The van der Waals surface area contributed by atoms with Crippen molar-refractivity contribution >= 4 is 33.5 Å². The van der Waals surface area contributed by atoms with Crippen LogP contribution in [0.1, 0.15) is 42.5 Å². The van der Waals surface area contributed by atoms with E-state index in [1.165, 1.54) is 0 Å². The summed E-state index contributed by atoms with van der Waals surface area (Å²) in [4.78, 5) is 22.7. The maximum atomic E-state index is 11.6. The number of benzene rings is 1. The Kier molecular flexibility index (Phi) is 4.88. The van der Waals surface area contributed by atoms with Crippen LogP contribution in [0.5, 0.6) is 0 Å². The third kappa shape index (κ3) is 3.56. The van der Waals surface area contributed by atoms with Crippen LogP contribution in [-0.4, -0.2) is 23.5 Å². The molecule has 0 saturated heterocycles. The molecule has 4 N–H and O–H groups in total. The highest BCUT2D eigenvalue weighted by Gasteiger charge is 2.39. The first-order valence-electron chi connectivity index (χ1n) is 7.01. The van der Waals surface area contributed by atoms with Crippen molar-refractivity contribution in [2.75, 3.05) is 11.9 Å². The van der Waals surface area contributed by atoms with Gasteiger partial charge in [-0.15, -0.1) is 0 Å². The van der Waals surface area contributed by atoms with Crippen molar-refractivity contribution in [3.8, 4) is 0 Å². The molecule has 1 saturated carbocycles. The first-order chi connectivity index (χ1) is 9.94. The summed E-state index contributed by atoms with van der Waals surface area (Å²) in [6, 6.07) is 5.01. The number of amides is 1. The minimum Gasteiger partial charge on any atom is -0.481 e. The Labute approximate surface area is 132 Å². The van der Waals surface area contributed by atoms with Gasteiger partial charge in [-0.25, -0.2) is 0 Å². The van der Waals surface area contributed by atoms with Gasteiger partial charge in [0.15, 0.2) is 0 Å². The van der Waals surface area contributed by atoms with E-state index >= 15 is 0 Å². The molecule has 0 aliphatic heterocycles. The predicted molar refractivity (Wildman–Crippen MR) is 84.3 cm³/mol. The molecule has 0 spiro atoms. The van der Waals surface area contributed by atoms with Crippen molar-refractivity contribution < 1.29 is 14.7 Å². The normalized spacial score (nSPS) is 17.2. The van der Waals surface area contributed by atoms with Crippen LogP contribution in [0.15, 0.2) is 22.7 Å². The van der Waals surface area contributed by atoms with Crippen LogP contribution in [0.25, 0.3) is 0 Å².